The number of fused-ring (bicyclic) bond motifs is 1. The largest absolute Gasteiger partial charge is 0.545 e. The standard InChI is InChI=1S/C19H21NO4.2C2H7N/c1-4-6-15(21)12-8-7-11(3)16-13(18(22)20-5-2)9-10-14(17(12)16)19(23)24;2*1-2-3/h7-10H,4-6H2,1-3H3,(H,20,22)(H,23,24);2*2-3H2,1H3/p+1. The summed E-state index contributed by atoms with van der Waals surface area (Å²) in [7, 11) is 0. The van der Waals surface area contributed by atoms with Crippen molar-refractivity contribution in [2.45, 2.75) is 47.5 Å². The zero-order chi connectivity index (χ0) is 23.3. The third kappa shape index (κ3) is 7.24. The van der Waals surface area contributed by atoms with Crippen LogP contribution >= 0.6 is 0 Å². The Balaban J connectivity index is 0.00000125. The molecule has 0 heterocycles. The second kappa shape index (κ2) is 14.3. The van der Waals surface area contributed by atoms with Crippen molar-refractivity contribution in [3.8, 4) is 0 Å². The molecule has 0 saturated carbocycles. The SMILES string of the molecule is CCCC(=O)c1ccc(C)c2c(C(=O)NCC)ccc(C(=O)[O-])c12.CC[NH3+].CC[NH3+]. The molecule has 7 heteroatoms. The van der Waals surface area contributed by atoms with Gasteiger partial charge in [0.1, 0.15) is 0 Å². The maximum Gasteiger partial charge on any atom is 0.251 e. The number of Topliss-reactive ketones (excluding diaryl/α,β-unsaturated/α-hetero) is 1. The minimum absolute atomic E-state index is 0.0683. The van der Waals surface area contributed by atoms with Crippen molar-refractivity contribution in [2.24, 2.45) is 0 Å². The van der Waals surface area contributed by atoms with Gasteiger partial charge in [0.2, 0.25) is 0 Å². The summed E-state index contributed by atoms with van der Waals surface area (Å²) < 4.78 is 0. The van der Waals surface area contributed by atoms with Gasteiger partial charge < -0.3 is 26.7 Å². The van der Waals surface area contributed by atoms with Gasteiger partial charge in [-0.3, -0.25) is 9.59 Å². The number of carbonyl (C=O) groups is 3. The fourth-order valence-corrected chi connectivity index (χ4v) is 2.88. The molecule has 0 saturated heterocycles. The molecule has 2 rings (SSSR count). The average molecular weight is 419 g/mol. The van der Waals surface area contributed by atoms with Crippen LogP contribution < -0.4 is 21.9 Å². The van der Waals surface area contributed by atoms with E-state index in [0.717, 1.165) is 18.7 Å². The van der Waals surface area contributed by atoms with E-state index in [9.17, 15) is 19.5 Å². The van der Waals surface area contributed by atoms with E-state index in [1.807, 2.05) is 20.8 Å². The van der Waals surface area contributed by atoms with E-state index in [-0.39, 0.29) is 22.6 Å². The summed E-state index contributed by atoms with van der Waals surface area (Å²) in [5, 5.41) is 15.0. The number of hydrogen-bond acceptors (Lipinski definition) is 4. The van der Waals surface area contributed by atoms with Crippen molar-refractivity contribution in [3.05, 3.63) is 46.5 Å². The molecule has 30 heavy (non-hydrogen) atoms. The van der Waals surface area contributed by atoms with Gasteiger partial charge in [0.05, 0.1) is 19.1 Å². The summed E-state index contributed by atoms with van der Waals surface area (Å²) >= 11 is 0. The van der Waals surface area contributed by atoms with Crippen molar-refractivity contribution >= 4 is 28.4 Å². The van der Waals surface area contributed by atoms with Crippen LogP contribution in [0.3, 0.4) is 0 Å². The molecule has 7 nitrogen and oxygen atoms in total. The van der Waals surface area contributed by atoms with Gasteiger partial charge in [-0.1, -0.05) is 25.1 Å². The van der Waals surface area contributed by atoms with Crippen LogP contribution in [0.2, 0.25) is 0 Å². The highest BCUT2D eigenvalue weighted by atomic mass is 16.4. The average Bonchev–Trinajstić information content (AvgIpc) is 2.69. The number of carboxylic acids is 1. The Morgan fingerprint density at radius 3 is 1.83 bits per heavy atom. The molecule has 166 valence electrons. The van der Waals surface area contributed by atoms with E-state index in [2.05, 4.69) is 16.8 Å². The molecule has 2 aromatic rings. The third-order valence-electron chi connectivity index (χ3n) is 3.95. The molecule has 0 atom stereocenters. The highest BCUT2D eigenvalue weighted by Crippen LogP contribution is 2.30. The highest BCUT2D eigenvalue weighted by molar-refractivity contribution is 6.20. The van der Waals surface area contributed by atoms with E-state index in [4.69, 9.17) is 0 Å². The van der Waals surface area contributed by atoms with Crippen molar-refractivity contribution in [2.75, 3.05) is 19.6 Å². The van der Waals surface area contributed by atoms with Gasteiger partial charge in [-0.25, -0.2) is 0 Å². The fraction of sp³-hybridized carbons (Fsp3) is 0.435. The number of carbonyl (C=O) groups excluding carboxylic acids is 3. The van der Waals surface area contributed by atoms with Crippen LogP contribution in [-0.4, -0.2) is 37.3 Å². The molecule has 0 spiro atoms. The number of ketones is 1. The lowest BCUT2D eigenvalue weighted by molar-refractivity contribution is -0.362. The molecule has 0 radical (unpaired) electrons. The van der Waals surface area contributed by atoms with Gasteiger partial charge in [0.15, 0.2) is 5.78 Å². The van der Waals surface area contributed by atoms with E-state index >= 15 is 0 Å². The zero-order valence-corrected chi connectivity index (χ0v) is 18.9. The number of nitrogens with one attached hydrogen (secondary N) is 1. The maximum absolute atomic E-state index is 12.4. The molecule has 0 fully saturated rings. The highest BCUT2D eigenvalue weighted by Gasteiger charge is 2.19. The lowest BCUT2D eigenvalue weighted by atomic mass is 9.89. The van der Waals surface area contributed by atoms with Crippen molar-refractivity contribution in [3.63, 3.8) is 0 Å². The summed E-state index contributed by atoms with van der Waals surface area (Å²) in [6.45, 7) is 12.0. The molecule has 7 N–H and O–H groups in total. The first-order valence-electron chi connectivity index (χ1n) is 10.4. The van der Waals surface area contributed by atoms with Gasteiger partial charge in [-0.05, 0) is 51.1 Å². The van der Waals surface area contributed by atoms with Crippen LogP contribution in [0.1, 0.15) is 77.2 Å². The van der Waals surface area contributed by atoms with Gasteiger partial charge in [0, 0.05) is 35.0 Å². The molecule has 0 aliphatic rings. The molecule has 0 aromatic heterocycles. The molecular formula is C23H36N3O4+. The van der Waals surface area contributed by atoms with Crippen LogP contribution in [0.25, 0.3) is 10.8 Å². The molecule has 0 bridgehead atoms. The Labute approximate surface area is 178 Å². The van der Waals surface area contributed by atoms with E-state index in [1.165, 1.54) is 12.1 Å². The number of amides is 1. The summed E-state index contributed by atoms with van der Waals surface area (Å²) in [6, 6.07) is 6.18. The van der Waals surface area contributed by atoms with Crippen LogP contribution in [0.4, 0.5) is 0 Å². The fourth-order valence-electron chi connectivity index (χ4n) is 2.88. The predicted molar refractivity (Wildman–Crippen MR) is 117 cm³/mol. The summed E-state index contributed by atoms with van der Waals surface area (Å²) in [5.74, 6) is -1.80. The summed E-state index contributed by atoms with van der Waals surface area (Å²) in [4.78, 5) is 36.3. The van der Waals surface area contributed by atoms with Crippen LogP contribution in [0, 0.1) is 6.92 Å². The Hall–Kier alpha value is -2.77. The predicted octanol–water partition coefficient (Wildman–Crippen LogP) is 0.741. The van der Waals surface area contributed by atoms with Crippen LogP contribution in [0.15, 0.2) is 24.3 Å². The normalized spacial score (nSPS) is 9.70. The van der Waals surface area contributed by atoms with E-state index < -0.39 is 5.97 Å². The van der Waals surface area contributed by atoms with E-state index in [0.29, 0.717) is 35.9 Å². The molecular weight excluding hydrogens is 382 g/mol. The summed E-state index contributed by atoms with van der Waals surface area (Å²) in [6.07, 6.45) is 0.973. The Morgan fingerprint density at radius 1 is 0.867 bits per heavy atom. The summed E-state index contributed by atoms with van der Waals surface area (Å²) in [5.41, 5.74) is 8.33. The Bertz CT molecular complexity index is 861. The second-order valence-corrected chi connectivity index (χ2v) is 6.66. The molecule has 1 amide bonds. The van der Waals surface area contributed by atoms with Gasteiger partial charge >= 0.3 is 0 Å². The van der Waals surface area contributed by atoms with Crippen molar-refractivity contribution in [1.29, 1.82) is 0 Å². The van der Waals surface area contributed by atoms with Gasteiger partial charge in [-0.15, -0.1) is 0 Å². The number of aromatic carboxylic acids is 1. The number of aryl methyl sites for hydroxylation is 1. The maximum atomic E-state index is 12.4. The molecule has 2 aromatic carbocycles. The number of quaternary nitrogens is 2. The van der Waals surface area contributed by atoms with Crippen molar-refractivity contribution < 1.29 is 31.0 Å². The second-order valence-electron chi connectivity index (χ2n) is 6.66. The zero-order valence-electron chi connectivity index (χ0n) is 18.9. The van der Waals surface area contributed by atoms with Gasteiger partial charge in [0.25, 0.3) is 5.91 Å². The number of carboxylic acid groups (broad SMARTS) is 1. The minimum atomic E-state index is -1.36. The number of benzene rings is 2. The molecule has 0 unspecified atom stereocenters. The number of rotatable bonds is 6. The first-order chi connectivity index (χ1) is 14.2. The Morgan fingerprint density at radius 2 is 1.37 bits per heavy atom. The smallest absolute Gasteiger partial charge is 0.251 e. The molecule has 0 aliphatic carbocycles. The third-order valence-corrected chi connectivity index (χ3v) is 3.95. The monoisotopic (exact) mass is 418 g/mol. The Kier molecular flexibility index (Phi) is 12.9. The minimum Gasteiger partial charge on any atom is -0.545 e. The van der Waals surface area contributed by atoms with Gasteiger partial charge in [-0.2, -0.15) is 0 Å². The lowest BCUT2D eigenvalue weighted by Gasteiger charge is -2.17. The quantitative estimate of drug-likeness (QED) is 0.595. The number of hydrogen-bond donors (Lipinski definition) is 3. The van der Waals surface area contributed by atoms with E-state index in [1.54, 1.807) is 26.0 Å². The van der Waals surface area contributed by atoms with Crippen molar-refractivity contribution in [1.82, 2.24) is 5.32 Å². The van der Waals surface area contributed by atoms with Crippen LogP contribution in [0.5, 0.6) is 0 Å². The lowest BCUT2D eigenvalue weighted by Crippen LogP contribution is -2.48. The topological polar surface area (TPSA) is 142 Å². The molecule has 0 aliphatic heterocycles. The first-order valence-corrected chi connectivity index (χ1v) is 10.4. The van der Waals surface area contributed by atoms with Crippen LogP contribution in [-0.2, 0) is 0 Å². The first kappa shape index (κ1) is 27.2.